The van der Waals surface area contributed by atoms with Gasteiger partial charge in [-0.15, -0.1) is 12.4 Å². The van der Waals surface area contributed by atoms with Crippen LogP contribution in [-0.2, 0) is 4.79 Å². The molecule has 1 saturated carbocycles. The molecule has 0 bridgehead atoms. The second-order valence-corrected chi connectivity index (χ2v) is 5.83. The third-order valence-electron chi connectivity index (χ3n) is 4.34. The second-order valence-electron chi connectivity index (χ2n) is 5.83. The maximum absolute atomic E-state index is 12.4. The Bertz CT molecular complexity index is 597. The molecule has 1 aliphatic carbocycles. The lowest BCUT2D eigenvalue weighted by molar-refractivity contribution is -0.122. The third-order valence-corrected chi connectivity index (χ3v) is 4.34. The van der Waals surface area contributed by atoms with E-state index < -0.39 is 0 Å². The molecule has 0 saturated heterocycles. The molecule has 1 aromatic carbocycles. The monoisotopic (exact) mass is 371 g/mol. The minimum atomic E-state index is -0.243. The molecule has 140 valence electrons. The average molecular weight is 372 g/mol. The number of amides is 2. The molecule has 1 fully saturated rings. The fraction of sp³-hybridized carbons (Fsp3) is 0.529. The van der Waals surface area contributed by atoms with Crippen molar-refractivity contribution < 1.29 is 19.1 Å². The van der Waals surface area contributed by atoms with Crippen molar-refractivity contribution in [2.45, 2.75) is 25.3 Å². The molecular weight excluding hydrogens is 346 g/mol. The first kappa shape index (κ1) is 21.1. The Balaban J connectivity index is 0.00000312. The van der Waals surface area contributed by atoms with Crippen LogP contribution >= 0.6 is 12.4 Å². The normalized spacial score (nSPS) is 18.8. The highest BCUT2D eigenvalue weighted by molar-refractivity contribution is 5.95. The van der Waals surface area contributed by atoms with Gasteiger partial charge in [-0.25, -0.2) is 0 Å². The maximum Gasteiger partial charge on any atom is 0.257 e. The van der Waals surface area contributed by atoms with Crippen LogP contribution in [0.1, 0.15) is 29.6 Å². The van der Waals surface area contributed by atoms with Gasteiger partial charge in [-0.1, -0.05) is 6.42 Å². The van der Waals surface area contributed by atoms with Crippen LogP contribution in [-0.4, -0.2) is 45.2 Å². The molecule has 1 aromatic rings. The van der Waals surface area contributed by atoms with E-state index in [1.807, 2.05) is 0 Å². The van der Waals surface area contributed by atoms with E-state index in [1.54, 1.807) is 18.2 Å². The highest BCUT2D eigenvalue weighted by atomic mass is 35.5. The Labute approximate surface area is 154 Å². The van der Waals surface area contributed by atoms with Crippen LogP contribution in [0, 0.1) is 5.92 Å². The van der Waals surface area contributed by atoms with Crippen LogP contribution in [0.15, 0.2) is 18.2 Å². The minimum Gasteiger partial charge on any atom is -0.493 e. The first-order valence-electron chi connectivity index (χ1n) is 8.11. The van der Waals surface area contributed by atoms with Crippen molar-refractivity contribution in [2.75, 3.05) is 27.3 Å². The largest absolute Gasteiger partial charge is 0.493 e. The summed E-state index contributed by atoms with van der Waals surface area (Å²) >= 11 is 0. The van der Waals surface area contributed by atoms with Crippen molar-refractivity contribution in [3.05, 3.63) is 23.8 Å². The Morgan fingerprint density at radius 3 is 2.68 bits per heavy atom. The third kappa shape index (κ3) is 5.51. The van der Waals surface area contributed by atoms with Gasteiger partial charge in [0.05, 0.1) is 7.11 Å². The number of halogens is 1. The smallest absolute Gasteiger partial charge is 0.257 e. The Morgan fingerprint density at radius 2 is 2.04 bits per heavy atom. The van der Waals surface area contributed by atoms with Gasteiger partial charge in [0.15, 0.2) is 18.1 Å². The molecule has 0 aliphatic heterocycles. The Morgan fingerprint density at radius 1 is 1.28 bits per heavy atom. The topological polar surface area (TPSA) is 103 Å². The molecular formula is C17H26ClN3O4. The molecule has 2 rings (SSSR count). The van der Waals surface area contributed by atoms with Crippen LogP contribution < -0.4 is 25.8 Å². The first-order chi connectivity index (χ1) is 11.6. The van der Waals surface area contributed by atoms with Gasteiger partial charge in [0.2, 0.25) is 0 Å². The Hall–Kier alpha value is -1.99. The maximum atomic E-state index is 12.4. The highest BCUT2D eigenvalue weighted by Crippen LogP contribution is 2.29. The summed E-state index contributed by atoms with van der Waals surface area (Å²) in [6.45, 7) is 0.471. The number of likely N-dealkylation sites (N-methyl/N-ethyl adjacent to an activating group) is 1. The molecule has 0 spiro atoms. The van der Waals surface area contributed by atoms with Gasteiger partial charge in [0.25, 0.3) is 11.8 Å². The molecule has 0 radical (unpaired) electrons. The van der Waals surface area contributed by atoms with Gasteiger partial charge in [0.1, 0.15) is 0 Å². The van der Waals surface area contributed by atoms with E-state index in [0.29, 0.717) is 29.5 Å². The second kappa shape index (κ2) is 10.1. The zero-order valence-electron chi connectivity index (χ0n) is 14.5. The van der Waals surface area contributed by atoms with Crippen LogP contribution in [0.4, 0.5) is 0 Å². The number of benzene rings is 1. The molecule has 2 unspecified atom stereocenters. The van der Waals surface area contributed by atoms with Crippen molar-refractivity contribution in [3.8, 4) is 11.5 Å². The number of carbonyl (C=O) groups excluding carboxylic acids is 2. The van der Waals surface area contributed by atoms with Gasteiger partial charge >= 0.3 is 0 Å². The number of nitrogens with one attached hydrogen (secondary N) is 2. The van der Waals surface area contributed by atoms with Gasteiger partial charge in [0, 0.05) is 18.7 Å². The number of hydrogen-bond acceptors (Lipinski definition) is 5. The summed E-state index contributed by atoms with van der Waals surface area (Å²) in [4.78, 5) is 23.7. The summed E-state index contributed by atoms with van der Waals surface area (Å²) in [7, 11) is 3.03. The van der Waals surface area contributed by atoms with E-state index in [0.717, 1.165) is 19.3 Å². The zero-order chi connectivity index (χ0) is 17.5. The molecule has 25 heavy (non-hydrogen) atoms. The summed E-state index contributed by atoms with van der Waals surface area (Å²) in [6.07, 6.45) is 3.09. The van der Waals surface area contributed by atoms with Crippen molar-refractivity contribution in [1.29, 1.82) is 0 Å². The van der Waals surface area contributed by atoms with Gasteiger partial charge in [-0.2, -0.15) is 0 Å². The summed E-state index contributed by atoms with van der Waals surface area (Å²) in [5.41, 5.74) is 6.24. The predicted octanol–water partition coefficient (Wildman–Crippen LogP) is 1.10. The quantitative estimate of drug-likeness (QED) is 0.666. The lowest BCUT2D eigenvalue weighted by Crippen LogP contribution is -2.39. The average Bonchev–Trinajstić information content (AvgIpc) is 3.06. The molecule has 0 aromatic heterocycles. The number of hydrogen-bond donors (Lipinski definition) is 3. The summed E-state index contributed by atoms with van der Waals surface area (Å²) in [5, 5.41) is 5.52. The van der Waals surface area contributed by atoms with E-state index in [4.69, 9.17) is 15.2 Å². The molecule has 7 nitrogen and oxygen atoms in total. The van der Waals surface area contributed by atoms with Crippen LogP contribution in [0.2, 0.25) is 0 Å². The summed E-state index contributed by atoms with van der Waals surface area (Å²) in [6, 6.07) is 5.02. The Kier molecular flexibility index (Phi) is 8.51. The highest BCUT2D eigenvalue weighted by Gasteiger charge is 2.27. The number of carbonyl (C=O) groups is 2. The standard InChI is InChI=1S/C17H25N3O4.ClH/c1-19-16(21)10-24-14-7-6-11(8-15(14)23-2)17(22)20-13-5-3-4-12(13)9-18;/h6-8,12-13H,3-5,9-10,18H2,1-2H3,(H,19,21)(H,20,22);1H. The van der Waals surface area contributed by atoms with Crippen LogP contribution in [0.5, 0.6) is 11.5 Å². The zero-order valence-corrected chi connectivity index (χ0v) is 15.4. The summed E-state index contributed by atoms with van der Waals surface area (Å²) in [5.74, 6) is 0.766. The fourth-order valence-electron chi connectivity index (χ4n) is 2.90. The summed E-state index contributed by atoms with van der Waals surface area (Å²) < 4.78 is 10.7. The lowest BCUT2D eigenvalue weighted by atomic mass is 10.0. The van der Waals surface area contributed by atoms with Crippen molar-refractivity contribution in [3.63, 3.8) is 0 Å². The molecule has 0 heterocycles. The minimum absolute atomic E-state index is 0. The SMILES string of the molecule is CNC(=O)COc1ccc(C(=O)NC2CCCC2CN)cc1OC.Cl. The van der Waals surface area contributed by atoms with Crippen molar-refractivity contribution >= 4 is 24.2 Å². The van der Waals surface area contributed by atoms with Crippen molar-refractivity contribution in [2.24, 2.45) is 11.7 Å². The van der Waals surface area contributed by atoms with E-state index in [-0.39, 0.29) is 36.9 Å². The van der Waals surface area contributed by atoms with Gasteiger partial charge in [-0.05, 0) is 43.5 Å². The molecule has 8 heteroatoms. The lowest BCUT2D eigenvalue weighted by Gasteiger charge is -2.20. The predicted molar refractivity (Wildman–Crippen MR) is 97.5 cm³/mol. The van der Waals surface area contributed by atoms with Crippen LogP contribution in [0.3, 0.4) is 0 Å². The molecule has 2 atom stereocenters. The molecule has 4 N–H and O–H groups in total. The van der Waals surface area contributed by atoms with Crippen LogP contribution in [0.25, 0.3) is 0 Å². The molecule has 2 amide bonds. The van der Waals surface area contributed by atoms with E-state index in [2.05, 4.69) is 10.6 Å². The van der Waals surface area contributed by atoms with E-state index in [9.17, 15) is 9.59 Å². The van der Waals surface area contributed by atoms with Gasteiger partial charge < -0.3 is 25.8 Å². The number of methoxy groups -OCH3 is 1. The molecule has 1 aliphatic rings. The number of nitrogens with two attached hydrogens (primary N) is 1. The first-order valence-corrected chi connectivity index (χ1v) is 8.11. The van der Waals surface area contributed by atoms with E-state index in [1.165, 1.54) is 14.2 Å². The number of rotatable bonds is 7. The fourth-order valence-corrected chi connectivity index (χ4v) is 2.90. The number of ether oxygens (including phenoxy) is 2. The van der Waals surface area contributed by atoms with E-state index >= 15 is 0 Å². The van der Waals surface area contributed by atoms with Gasteiger partial charge in [-0.3, -0.25) is 9.59 Å². The van der Waals surface area contributed by atoms with Crippen molar-refractivity contribution in [1.82, 2.24) is 10.6 Å².